The highest BCUT2D eigenvalue weighted by Crippen LogP contribution is 2.50. The van der Waals surface area contributed by atoms with Crippen LogP contribution >= 0.6 is 0 Å². The molecule has 0 N–H and O–H groups in total. The van der Waals surface area contributed by atoms with Crippen molar-refractivity contribution < 1.29 is 4.79 Å². The van der Waals surface area contributed by atoms with Gasteiger partial charge in [-0.15, -0.1) is 0 Å². The number of hydrogen-bond donors (Lipinski definition) is 0. The molecule has 2 aromatic rings. The molecule has 0 radical (unpaired) electrons. The van der Waals surface area contributed by atoms with Gasteiger partial charge in [-0.25, -0.2) is 0 Å². The van der Waals surface area contributed by atoms with Gasteiger partial charge in [-0.2, -0.15) is 0 Å². The number of rotatable bonds is 2. The molecule has 3 aliphatic heterocycles. The van der Waals surface area contributed by atoms with E-state index in [1.54, 1.807) is 0 Å². The van der Waals surface area contributed by atoms with Crippen LogP contribution in [0.3, 0.4) is 0 Å². The summed E-state index contributed by atoms with van der Waals surface area (Å²) in [6.07, 6.45) is 3.84. The number of carbonyl (C=O) groups is 1. The van der Waals surface area contributed by atoms with Gasteiger partial charge in [0.15, 0.2) is 0 Å². The van der Waals surface area contributed by atoms with Crippen molar-refractivity contribution in [2.45, 2.75) is 44.7 Å². The number of aryl methyl sites for hydroxylation is 1. The second kappa shape index (κ2) is 5.62. The average molecular weight is 332 g/mol. The fourth-order valence-electron chi connectivity index (χ4n) is 4.96. The minimum absolute atomic E-state index is 0.227. The van der Waals surface area contributed by atoms with Crippen molar-refractivity contribution in [3.8, 4) is 0 Å². The molecule has 3 aliphatic rings. The summed E-state index contributed by atoms with van der Waals surface area (Å²) in [6, 6.07) is 16.3. The Hall–Kier alpha value is -2.29. The number of nitrogens with zero attached hydrogens (tertiary/aromatic N) is 2. The van der Waals surface area contributed by atoms with E-state index < -0.39 is 0 Å². The number of amides is 1. The average Bonchev–Trinajstić information content (AvgIpc) is 3.24. The standard InChI is InChI=1S/C22H24N2O/c1-15-7-9-16(10-8-15)19-14-20(23-12-3-6-21(23)25)18-5-2-4-17-11-13-24(19)22(17)18/h2,4-5,7-10,19-20H,3,6,11-14H2,1H3. The quantitative estimate of drug-likeness (QED) is 0.824. The predicted molar refractivity (Wildman–Crippen MR) is 99.7 cm³/mol. The molecule has 3 nitrogen and oxygen atoms in total. The Morgan fingerprint density at radius 1 is 0.920 bits per heavy atom. The van der Waals surface area contributed by atoms with Crippen molar-refractivity contribution in [2.24, 2.45) is 0 Å². The van der Waals surface area contributed by atoms with Crippen LogP contribution in [0.25, 0.3) is 0 Å². The van der Waals surface area contributed by atoms with Crippen LogP contribution in [-0.2, 0) is 11.2 Å². The molecule has 1 amide bonds. The Bertz CT molecular complexity index is 826. The normalized spacial score (nSPS) is 24.8. The number of para-hydroxylation sites is 1. The summed E-state index contributed by atoms with van der Waals surface area (Å²) < 4.78 is 0. The first kappa shape index (κ1) is 15.0. The van der Waals surface area contributed by atoms with Crippen LogP contribution in [0.5, 0.6) is 0 Å². The highest BCUT2D eigenvalue weighted by Gasteiger charge is 2.41. The second-order valence-electron chi connectivity index (χ2n) is 7.67. The lowest BCUT2D eigenvalue weighted by atomic mass is 9.86. The van der Waals surface area contributed by atoms with E-state index >= 15 is 0 Å². The van der Waals surface area contributed by atoms with Crippen LogP contribution in [-0.4, -0.2) is 23.9 Å². The first-order chi connectivity index (χ1) is 12.2. The van der Waals surface area contributed by atoms with Crippen molar-refractivity contribution in [1.82, 2.24) is 4.90 Å². The Labute approximate surface area is 149 Å². The predicted octanol–water partition coefficient (Wildman–Crippen LogP) is 4.17. The molecule has 0 aliphatic carbocycles. The minimum atomic E-state index is 0.227. The fourth-order valence-corrected chi connectivity index (χ4v) is 4.96. The van der Waals surface area contributed by atoms with E-state index in [9.17, 15) is 4.79 Å². The maximum Gasteiger partial charge on any atom is 0.223 e. The topological polar surface area (TPSA) is 23.6 Å². The molecule has 0 spiro atoms. The molecule has 0 aromatic heterocycles. The minimum Gasteiger partial charge on any atom is -0.364 e. The van der Waals surface area contributed by atoms with Crippen LogP contribution in [0.2, 0.25) is 0 Å². The molecular weight excluding hydrogens is 308 g/mol. The van der Waals surface area contributed by atoms with Crippen LogP contribution in [0.1, 0.15) is 53.6 Å². The Morgan fingerprint density at radius 3 is 2.52 bits per heavy atom. The summed E-state index contributed by atoms with van der Waals surface area (Å²) in [4.78, 5) is 17.2. The van der Waals surface area contributed by atoms with Gasteiger partial charge in [-0.05, 0) is 42.9 Å². The summed E-state index contributed by atoms with van der Waals surface area (Å²) in [5, 5.41) is 0. The van der Waals surface area contributed by atoms with Crippen LogP contribution in [0.4, 0.5) is 5.69 Å². The van der Waals surface area contributed by atoms with Crippen molar-refractivity contribution >= 4 is 11.6 Å². The Morgan fingerprint density at radius 2 is 1.76 bits per heavy atom. The van der Waals surface area contributed by atoms with Crippen molar-refractivity contribution in [2.75, 3.05) is 18.0 Å². The molecule has 3 heteroatoms. The highest BCUT2D eigenvalue weighted by molar-refractivity contribution is 5.79. The lowest BCUT2D eigenvalue weighted by Gasteiger charge is -2.43. The SMILES string of the molecule is Cc1ccc(C2CC(N3CCCC3=O)c3cccc4c3N2CC4)cc1. The molecule has 3 heterocycles. The molecule has 1 fully saturated rings. The number of carbonyl (C=O) groups excluding carboxylic acids is 1. The van der Waals surface area contributed by atoms with E-state index in [0.717, 1.165) is 32.4 Å². The first-order valence-corrected chi connectivity index (χ1v) is 9.47. The monoisotopic (exact) mass is 332 g/mol. The van der Waals surface area contributed by atoms with E-state index in [1.165, 1.54) is 27.9 Å². The maximum absolute atomic E-state index is 12.5. The summed E-state index contributed by atoms with van der Waals surface area (Å²) >= 11 is 0. The lowest BCUT2D eigenvalue weighted by Crippen LogP contribution is -2.39. The van der Waals surface area contributed by atoms with Gasteiger partial charge in [0, 0.05) is 25.2 Å². The highest BCUT2D eigenvalue weighted by atomic mass is 16.2. The van der Waals surface area contributed by atoms with Crippen molar-refractivity contribution in [3.05, 3.63) is 64.7 Å². The third-order valence-corrected chi connectivity index (χ3v) is 6.19. The lowest BCUT2D eigenvalue weighted by molar-refractivity contribution is -0.130. The van der Waals surface area contributed by atoms with Gasteiger partial charge in [0.1, 0.15) is 0 Å². The Kier molecular flexibility index (Phi) is 3.37. The molecule has 25 heavy (non-hydrogen) atoms. The van der Waals surface area contributed by atoms with Crippen LogP contribution < -0.4 is 4.90 Å². The summed E-state index contributed by atoms with van der Waals surface area (Å²) in [7, 11) is 0. The molecule has 0 bridgehead atoms. The number of anilines is 1. The van der Waals surface area contributed by atoms with Gasteiger partial charge in [0.25, 0.3) is 0 Å². The maximum atomic E-state index is 12.5. The zero-order valence-corrected chi connectivity index (χ0v) is 14.7. The van der Waals surface area contributed by atoms with Gasteiger partial charge in [-0.3, -0.25) is 4.79 Å². The molecular formula is C22H24N2O. The molecule has 0 saturated carbocycles. The zero-order chi connectivity index (χ0) is 17.0. The van der Waals surface area contributed by atoms with Crippen LogP contribution in [0.15, 0.2) is 42.5 Å². The largest absolute Gasteiger partial charge is 0.364 e. The smallest absolute Gasteiger partial charge is 0.223 e. The third-order valence-electron chi connectivity index (χ3n) is 6.19. The fraction of sp³-hybridized carbons (Fsp3) is 0.409. The summed E-state index contributed by atoms with van der Waals surface area (Å²) in [5.41, 5.74) is 6.90. The van der Waals surface area contributed by atoms with E-state index in [4.69, 9.17) is 0 Å². The third kappa shape index (κ3) is 2.29. The molecule has 2 atom stereocenters. The van der Waals surface area contributed by atoms with Crippen LogP contribution in [0, 0.1) is 6.92 Å². The number of hydrogen-bond acceptors (Lipinski definition) is 2. The van der Waals surface area contributed by atoms with E-state index in [2.05, 4.69) is 59.2 Å². The van der Waals surface area contributed by atoms with Gasteiger partial charge in [-0.1, -0.05) is 48.0 Å². The van der Waals surface area contributed by atoms with Gasteiger partial charge >= 0.3 is 0 Å². The van der Waals surface area contributed by atoms with Crippen molar-refractivity contribution in [3.63, 3.8) is 0 Å². The van der Waals surface area contributed by atoms with E-state index in [1.807, 2.05) is 0 Å². The molecule has 2 aromatic carbocycles. The van der Waals surface area contributed by atoms with Crippen molar-refractivity contribution in [1.29, 1.82) is 0 Å². The first-order valence-electron chi connectivity index (χ1n) is 9.47. The Balaban J connectivity index is 1.62. The van der Waals surface area contributed by atoms with Gasteiger partial charge in [0.05, 0.1) is 12.1 Å². The number of likely N-dealkylation sites (tertiary alicyclic amines) is 1. The molecule has 5 rings (SSSR count). The second-order valence-corrected chi connectivity index (χ2v) is 7.67. The van der Waals surface area contributed by atoms with Gasteiger partial charge in [0.2, 0.25) is 5.91 Å². The summed E-state index contributed by atoms with van der Waals surface area (Å²) in [5.74, 6) is 0.330. The molecule has 1 saturated heterocycles. The van der Waals surface area contributed by atoms with E-state index in [0.29, 0.717) is 18.4 Å². The van der Waals surface area contributed by atoms with Gasteiger partial charge < -0.3 is 9.80 Å². The molecule has 128 valence electrons. The zero-order valence-electron chi connectivity index (χ0n) is 14.7. The number of benzene rings is 2. The van der Waals surface area contributed by atoms with E-state index in [-0.39, 0.29) is 6.04 Å². The summed E-state index contributed by atoms with van der Waals surface area (Å²) in [6.45, 7) is 4.14. The molecule has 2 unspecified atom stereocenters.